The van der Waals surface area contributed by atoms with Crippen LogP contribution in [-0.4, -0.2) is 24.0 Å². The maximum atomic E-state index is 12.6. The van der Waals surface area contributed by atoms with Gasteiger partial charge in [-0.2, -0.15) is 5.26 Å². The summed E-state index contributed by atoms with van der Waals surface area (Å²) in [7, 11) is 1.51. The number of ether oxygens (including phenoxy) is 2. The van der Waals surface area contributed by atoms with Crippen LogP contribution in [-0.2, 0) is 17.8 Å². The molecule has 0 bridgehead atoms. The van der Waals surface area contributed by atoms with Gasteiger partial charge in [-0.25, -0.2) is 0 Å². The number of carbonyl (C=O) groups is 1. The van der Waals surface area contributed by atoms with Crippen LogP contribution < -0.4 is 14.8 Å². The average molecular weight is 462 g/mol. The minimum absolute atomic E-state index is 0.00934. The van der Waals surface area contributed by atoms with Gasteiger partial charge >= 0.3 is 0 Å². The number of nitro groups is 1. The summed E-state index contributed by atoms with van der Waals surface area (Å²) in [6.45, 7) is 3.98. The Labute approximate surface area is 198 Å². The lowest BCUT2D eigenvalue weighted by atomic mass is 10.0. The van der Waals surface area contributed by atoms with Crippen molar-refractivity contribution in [2.45, 2.75) is 44.8 Å². The number of benzene rings is 2. The number of hydrogen-bond acceptors (Lipinski definition) is 6. The summed E-state index contributed by atoms with van der Waals surface area (Å²) in [4.78, 5) is 23.0. The highest BCUT2D eigenvalue weighted by atomic mass is 16.6. The number of carbonyl (C=O) groups excluding carboxylic acids is 1. The van der Waals surface area contributed by atoms with Crippen LogP contribution in [0.3, 0.4) is 0 Å². The lowest BCUT2D eigenvalue weighted by molar-refractivity contribution is -0.384. The first-order valence-electron chi connectivity index (χ1n) is 11.1. The van der Waals surface area contributed by atoms with Gasteiger partial charge in [-0.05, 0) is 60.7 Å². The van der Waals surface area contributed by atoms with E-state index in [-0.39, 0.29) is 29.8 Å². The van der Waals surface area contributed by atoms with Crippen molar-refractivity contribution in [1.82, 2.24) is 5.32 Å². The number of hydrogen-bond donors (Lipinski definition) is 1. The van der Waals surface area contributed by atoms with Gasteiger partial charge in [-0.1, -0.05) is 18.9 Å². The summed E-state index contributed by atoms with van der Waals surface area (Å²) in [6.07, 6.45) is 7.77. The summed E-state index contributed by atoms with van der Waals surface area (Å²) in [5.41, 5.74) is 2.20. The quantitative estimate of drug-likeness (QED) is 0.177. The Hall–Kier alpha value is -4.12. The molecule has 2 aromatic carbocycles. The van der Waals surface area contributed by atoms with Crippen molar-refractivity contribution in [3.05, 3.63) is 81.4 Å². The number of nitrogens with one attached hydrogen (secondary N) is 1. The van der Waals surface area contributed by atoms with E-state index in [1.165, 1.54) is 19.2 Å². The molecule has 8 heteroatoms. The van der Waals surface area contributed by atoms with Crippen LogP contribution in [0.15, 0.2) is 54.6 Å². The zero-order chi connectivity index (χ0) is 24.5. The van der Waals surface area contributed by atoms with E-state index in [0.717, 1.165) is 36.8 Å². The Morgan fingerprint density at radius 2 is 2.00 bits per heavy atom. The van der Waals surface area contributed by atoms with Gasteiger partial charge < -0.3 is 14.8 Å². The second-order valence-corrected chi connectivity index (χ2v) is 8.04. The Balaban J connectivity index is 1.84. The molecule has 0 atom stereocenters. The molecule has 0 saturated heterocycles. The summed E-state index contributed by atoms with van der Waals surface area (Å²) < 4.78 is 11.5. The molecule has 1 aliphatic rings. The SMILES string of the molecule is C=CCc1cc(/C=C(/C#N)C(=O)NC2CCCC2)cc(OC)c1OCc1ccc([N+](=O)[O-])cc1. The number of allylic oxidation sites excluding steroid dienone is 1. The first-order chi connectivity index (χ1) is 16.4. The van der Waals surface area contributed by atoms with Gasteiger partial charge in [0.2, 0.25) is 0 Å². The minimum Gasteiger partial charge on any atom is -0.493 e. The van der Waals surface area contributed by atoms with Gasteiger partial charge in [0.05, 0.1) is 12.0 Å². The van der Waals surface area contributed by atoms with Crippen LogP contribution in [0.25, 0.3) is 6.08 Å². The number of nitro benzene ring substituents is 1. The van der Waals surface area contributed by atoms with Crippen LogP contribution in [0.2, 0.25) is 0 Å². The van der Waals surface area contributed by atoms with Crippen LogP contribution in [0.4, 0.5) is 5.69 Å². The molecule has 34 heavy (non-hydrogen) atoms. The lowest BCUT2D eigenvalue weighted by Gasteiger charge is -2.16. The second-order valence-electron chi connectivity index (χ2n) is 8.04. The fourth-order valence-electron chi connectivity index (χ4n) is 3.91. The third kappa shape index (κ3) is 6.23. The van der Waals surface area contributed by atoms with Crippen molar-refractivity contribution in [3.63, 3.8) is 0 Å². The van der Waals surface area contributed by atoms with Gasteiger partial charge in [0, 0.05) is 23.7 Å². The number of non-ortho nitro benzene ring substituents is 1. The molecule has 0 heterocycles. The van der Waals surface area contributed by atoms with Crippen molar-refractivity contribution in [2.24, 2.45) is 0 Å². The van der Waals surface area contributed by atoms with E-state index in [2.05, 4.69) is 11.9 Å². The number of methoxy groups -OCH3 is 1. The molecule has 8 nitrogen and oxygen atoms in total. The first kappa shape index (κ1) is 24.5. The van der Waals surface area contributed by atoms with Gasteiger partial charge in [-0.3, -0.25) is 14.9 Å². The number of rotatable bonds is 10. The monoisotopic (exact) mass is 461 g/mol. The summed E-state index contributed by atoms with van der Waals surface area (Å²) >= 11 is 0. The van der Waals surface area contributed by atoms with Crippen molar-refractivity contribution < 1.29 is 19.2 Å². The van der Waals surface area contributed by atoms with Crippen LogP contribution in [0.5, 0.6) is 11.5 Å². The highest BCUT2D eigenvalue weighted by Gasteiger charge is 2.20. The smallest absolute Gasteiger partial charge is 0.269 e. The number of amides is 1. The zero-order valence-electron chi connectivity index (χ0n) is 19.1. The summed E-state index contributed by atoms with van der Waals surface area (Å²) in [5, 5.41) is 23.3. The molecule has 0 aliphatic heterocycles. The van der Waals surface area contributed by atoms with E-state index < -0.39 is 4.92 Å². The third-order valence-corrected chi connectivity index (χ3v) is 5.64. The van der Waals surface area contributed by atoms with Crippen molar-refractivity contribution in [2.75, 3.05) is 7.11 Å². The van der Waals surface area contributed by atoms with Crippen LogP contribution in [0.1, 0.15) is 42.4 Å². The number of nitrogens with zero attached hydrogens (tertiary/aromatic N) is 2. The highest BCUT2D eigenvalue weighted by molar-refractivity contribution is 6.01. The molecular weight excluding hydrogens is 434 g/mol. The minimum atomic E-state index is -0.453. The zero-order valence-corrected chi connectivity index (χ0v) is 19.1. The molecule has 176 valence electrons. The molecule has 0 spiro atoms. The van der Waals surface area contributed by atoms with Gasteiger partial charge in [0.25, 0.3) is 11.6 Å². The second kappa shape index (κ2) is 11.7. The average Bonchev–Trinajstić information content (AvgIpc) is 3.34. The Bertz CT molecular complexity index is 1130. The van der Waals surface area contributed by atoms with Gasteiger partial charge in [-0.15, -0.1) is 6.58 Å². The molecule has 2 aromatic rings. The lowest BCUT2D eigenvalue weighted by Crippen LogP contribution is -2.33. The standard InChI is InChI=1S/C26H27N3O5/c1-3-6-20-13-19(14-21(16-27)26(30)28-22-7-4-5-8-22)15-24(33-2)25(20)34-17-18-9-11-23(12-10-18)29(31)32/h3,9-15,22H,1,4-8,17H2,2H3,(H,28,30)/b21-14-. The third-order valence-electron chi connectivity index (χ3n) is 5.64. The largest absolute Gasteiger partial charge is 0.493 e. The molecule has 0 aromatic heterocycles. The molecule has 1 N–H and O–H groups in total. The Morgan fingerprint density at radius 1 is 1.29 bits per heavy atom. The molecule has 0 unspecified atom stereocenters. The van der Waals surface area contributed by atoms with E-state index in [4.69, 9.17) is 9.47 Å². The molecule has 1 saturated carbocycles. The summed E-state index contributed by atoms with van der Waals surface area (Å²) in [5.74, 6) is 0.574. The normalized spacial score (nSPS) is 13.7. The van der Waals surface area contributed by atoms with Crippen molar-refractivity contribution in [1.29, 1.82) is 5.26 Å². The molecule has 0 radical (unpaired) electrons. The Morgan fingerprint density at radius 3 is 2.59 bits per heavy atom. The van der Waals surface area contributed by atoms with E-state index in [9.17, 15) is 20.2 Å². The van der Waals surface area contributed by atoms with Crippen LogP contribution >= 0.6 is 0 Å². The van der Waals surface area contributed by atoms with Crippen LogP contribution in [0, 0.1) is 21.4 Å². The maximum absolute atomic E-state index is 12.6. The molecule has 1 amide bonds. The fourth-order valence-corrected chi connectivity index (χ4v) is 3.91. The van der Waals surface area contributed by atoms with Gasteiger partial charge in [0.15, 0.2) is 11.5 Å². The predicted molar refractivity (Wildman–Crippen MR) is 128 cm³/mol. The summed E-state index contributed by atoms with van der Waals surface area (Å²) in [6, 6.07) is 11.8. The fraction of sp³-hybridized carbons (Fsp3) is 0.308. The van der Waals surface area contributed by atoms with Gasteiger partial charge in [0.1, 0.15) is 18.2 Å². The Kier molecular flexibility index (Phi) is 8.41. The maximum Gasteiger partial charge on any atom is 0.269 e. The highest BCUT2D eigenvalue weighted by Crippen LogP contribution is 2.35. The first-order valence-corrected chi connectivity index (χ1v) is 11.1. The van der Waals surface area contributed by atoms with E-state index >= 15 is 0 Å². The topological polar surface area (TPSA) is 114 Å². The van der Waals surface area contributed by atoms with E-state index in [0.29, 0.717) is 23.5 Å². The van der Waals surface area contributed by atoms with E-state index in [1.54, 1.807) is 30.4 Å². The molecule has 1 aliphatic carbocycles. The van der Waals surface area contributed by atoms with Crippen molar-refractivity contribution in [3.8, 4) is 17.6 Å². The van der Waals surface area contributed by atoms with Crippen molar-refractivity contribution >= 4 is 17.7 Å². The molecular formula is C26H27N3O5. The molecule has 1 fully saturated rings. The predicted octanol–water partition coefficient (Wildman–Crippen LogP) is 4.88. The number of nitriles is 1. The van der Waals surface area contributed by atoms with E-state index in [1.807, 2.05) is 12.1 Å². The molecule has 3 rings (SSSR count).